The van der Waals surface area contributed by atoms with E-state index in [1.807, 2.05) is 0 Å². The highest BCUT2D eigenvalue weighted by molar-refractivity contribution is 9.10. The number of hydrogen-bond acceptors (Lipinski definition) is 2. The van der Waals surface area contributed by atoms with E-state index in [1.165, 1.54) is 12.1 Å². The first-order valence-electron chi connectivity index (χ1n) is 5.51. The summed E-state index contributed by atoms with van der Waals surface area (Å²) in [5.74, 6) is -0.447. The van der Waals surface area contributed by atoms with Crippen molar-refractivity contribution in [1.29, 1.82) is 0 Å². The lowest BCUT2D eigenvalue weighted by atomic mass is 10.2. The number of halogens is 2. The molecule has 1 fully saturated rings. The minimum Gasteiger partial charge on any atom is -0.378 e. The van der Waals surface area contributed by atoms with E-state index >= 15 is 0 Å². The smallest absolute Gasteiger partial charge is 0.226 e. The molecule has 1 unspecified atom stereocenters. The molecule has 1 aromatic carbocycles. The number of rotatable bonds is 3. The van der Waals surface area contributed by atoms with Crippen molar-refractivity contribution in [2.75, 3.05) is 11.9 Å². The molecule has 17 heavy (non-hydrogen) atoms. The van der Waals surface area contributed by atoms with Crippen LogP contribution in [0.5, 0.6) is 0 Å². The predicted molar refractivity (Wildman–Crippen MR) is 66.3 cm³/mol. The van der Waals surface area contributed by atoms with Gasteiger partial charge in [0.1, 0.15) is 5.82 Å². The molecule has 3 nitrogen and oxygen atoms in total. The van der Waals surface area contributed by atoms with Crippen LogP contribution in [0.1, 0.15) is 19.3 Å². The lowest BCUT2D eigenvalue weighted by Gasteiger charge is -2.10. The molecule has 92 valence electrons. The van der Waals surface area contributed by atoms with Gasteiger partial charge in [0.2, 0.25) is 5.91 Å². The van der Waals surface area contributed by atoms with Gasteiger partial charge in [-0.1, -0.05) is 0 Å². The highest BCUT2D eigenvalue weighted by atomic mass is 79.9. The number of carbonyl (C=O) groups excluding carboxylic acids is 1. The lowest BCUT2D eigenvalue weighted by molar-refractivity contribution is -0.118. The summed E-state index contributed by atoms with van der Waals surface area (Å²) in [6, 6.07) is 4.39. The fourth-order valence-electron chi connectivity index (χ4n) is 1.80. The first kappa shape index (κ1) is 12.5. The SMILES string of the molecule is O=C(CC1CCCO1)Nc1ccc(F)c(Br)c1. The number of ether oxygens (including phenoxy) is 1. The standard InChI is InChI=1S/C12H13BrFNO2/c13-10-6-8(3-4-11(10)14)15-12(16)7-9-2-1-5-17-9/h3-4,6,9H,1-2,5,7H2,(H,15,16). The van der Waals surface area contributed by atoms with Crippen LogP contribution in [0.3, 0.4) is 0 Å². The third-order valence-electron chi connectivity index (χ3n) is 2.64. The molecule has 1 heterocycles. The third kappa shape index (κ3) is 3.51. The number of anilines is 1. The van der Waals surface area contributed by atoms with Gasteiger partial charge in [0.15, 0.2) is 0 Å². The van der Waals surface area contributed by atoms with E-state index in [-0.39, 0.29) is 17.8 Å². The van der Waals surface area contributed by atoms with Crippen LogP contribution in [-0.4, -0.2) is 18.6 Å². The van der Waals surface area contributed by atoms with Gasteiger partial charge in [0.25, 0.3) is 0 Å². The van der Waals surface area contributed by atoms with Crippen molar-refractivity contribution in [3.8, 4) is 0 Å². The lowest BCUT2D eigenvalue weighted by Crippen LogP contribution is -2.19. The van der Waals surface area contributed by atoms with Crippen LogP contribution in [0.4, 0.5) is 10.1 Å². The van der Waals surface area contributed by atoms with Gasteiger partial charge in [-0.15, -0.1) is 0 Å². The molecular formula is C12H13BrFNO2. The van der Waals surface area contributed by atoms with E-state index in [0.717, 1.165) is 19.4 Å². The number of hydrogen-bond donors (Lipinski definition) is 1. The fraction of sp³-hybridized carbons (Fsp3) is 0.417. The molecule has 1 atom stereocenters. The maximum atomic E-state index is 13.0. The molecule has 5 heteroatoms. The van der Waals surface area contributed by atoms with Crippen LogP contribution in [0.25, 0.3) is 0 Å². The maximum Gasteiger partial charge on any atom is 0.226 e. The van der Waals surface area contributed by atoms with Crippen molar-refractivity contribution in [2.24, 2.45) is 0 Å². The summed E-state index contributed by atoms with van der Waals surface area (Å²) in [6.07, 6.45) is 2.33. The summed E-state index contributed by atoms with van der Waals surface area (Å²) < 4.78 is 18.7. The Morgan fingerprint density at radius 3 is 3.06 bits per heavy atom. The Bertz CT molecular complexity index is 419. The summed E-state index contributed by atoms with van der Waals surface area (Å²) in [7, 11) is 0. The van der Waals surface area contributed by atoms with Gasteiger partial charge in [-0.25, -0.2) is 4.39 Å². The maximum absolute atomic E-state index is 13.0. The Labute approximate surface area is 107 Å². The van der Waals surface area contributed by atoms with Gasteiger partial charge < -0.3 is 10.1 Å². The van der Waals surface area contributed by atoms with Gasteiger partial charge in [0.05, 0.1) is 17.0 Å². The van der Waals surface area contributed by atoms with E-state index in [0.29, 0.717) is 16.6 Å². The molecule has 1 aromatic rings. The number of nitrogens with one attached hydrogen (secondary N) is 1. The van der Waals surface area contributed by atoms with Crippen molar-refractivity contribution in [3.63, 3.8) is 0 Å². The Kier molecular flexibility index (Phi) is 4.12. The topological polar surface area (TPSA) is 38.3 Å². The van der Waals surface area contributed by atoms with Gasteiger partial charge in [-0.05, 0) is 47.0 Å². The van der Waals surface area contributed by atoms with Crippen molar-refractivity contribution < 1.29 is 13.9 Å². The Morgan fingerprint density at radius 2 is 2.41 bits per heavy atom. The number of benzene rings is 1. The van der Waals surface area contributed by atoms with Gasteiger partial charge >= 0.3 is 0 Å². The van der Waals surface area contributed by atoms with Crippen LogP contribution in [0, 0.1) is 5.82 Å². The van der Waals surface area contributed by atoms with Crippen molar-refractivity contribution in [3.05, 3.63) is 28.5 Å². The zero-order valence-corrected chi connectivity index (χ0v) is 10.8. The average molecular weight is 302 g/mol. The van der Waals surface area contributed by atoms with E-state index in [1.54, 1.807) is 6.07 Å². The second kappa shape index (κ2) is 5.60. The summed E-state index contributed by atoms with van der Waals surface area (Å²) >= 11 is 3.07. The largest absolute Gasteiger partial charge is 0.378 e. The van der Waals surface area contributed by atoms with Crippen LogP contribution >= 0.6 is 15.9 Å². The second-order valence-corrected chi connectivity index (χ2v) is 4.87. The summed E-state index contributed by atoms with van der Waals surface area (Å²) in [4.78, 5) is 11.7. The van der Waals surface area contributed by atoms with E-state index < -0.39 is 0 Å². The first-order valence-corrected chi connectivity index (χ1v) is 6.31. The van der Waals surface area contributed by atoms with Crippen LogP contribution in [0.15, 0.2) is 22.7 Å². The van der Waals surface area contributed by atoms with Gasteiger partial charge in [-0.2, -0.15) is 0 Å². The fourth-order valence-corrected chi connectivity index (χ4v) is 2.18. The Balaban J connectivity index is 1.90. The van der Waals surface area contributed by atoms with Gasteiger partial charge in [0, 0.05) is 12.3 Å². The summed E-state index contributed by atoms with van der Waals surface area (Å²) in [5, 5.41) is 2.72. The van der Waals surface area contributed by atoms with Crippen LogP contribution in [-0.2, 0) is 9.53 Å². The monoisotopic (exact) mass is 301 g/mol. The molecule has 1 N–H and O–H groups in total. The zero-order chi connectivity index (χ0) is 12.3. The minimum atomic E-state index is -0.345. The molecule has 0 aliphatic carbocycles. The number of carbonyl (C=O) groups is 1. The highest BCUT2D eigenvalue weighted by Crippen LogP contribution is 2.21. The van der Waals surface area contributed by atoms with Crippen molar-refractivity contribution in [2.45, 2.75) is 25.4 Å². The van der Waals surface area contributed by atoms with E-state index in [2.05, 4.69) is 21.2 Å². The molecule has 1 aliphatic rings. The molecule has 2 rings (SSSR count). The molecule has 0 bridgehead atoms. The van der Waals surface area contributed by atoms with Crippen molar-refractivity contribution in [1.82, 2.24) is 0 Å². The average Bonchev–Trinajstić information content (AvgIpc) is 2.76. The minimum absolute atomic E-state index is 0.0267. The molecule has 0 spiro atoms. The molecule has 1 aliphatic heterocycles. The van der Waals surface area contributed by atoms with Gasteiger partial charge in [-0.3, -0.25) is 4.79 Å². The first-order chi connectivity index (χ1) is 8.15. The van der Waals surface area contributed by atoms with Crippen molar-refractivity contribution >= 4 is 27.5 Å². The summed E-state index contributed by atoms with van der Waals surface area (Å²) in [5.41, 5.74) is 0.585. The van der Waals surface area contributed by atoms with Crippen LogP contribution in [0.2, 0.25) is 0 Å². The molecular weight excluding hydrogens is 289 g/mol. The summed E-state index contributed by atoms with van der Waals surface area (Å²) in [6.45, 7) is 0.736. The Hall–Kier alpha value is -0.940. The molecule has 0 aromatic heterocycles. The van der Waals surface area contributed by atoms with E-state index in [4.69, 9.17) is 4.74 Å². The Morgan fingerprint density at radius 1 is 1.59 bits per heavy atom. The molecule has 1 amide bonds. The molecule has 0 radical (unpaired) electrons. The normalized spacial score (nSPS) is 19.3. The molecule has 0 saturated carbocycles. The van der Waals surface area contributed by atoms with Crippen LogP contribution < -0.4 is 5.32 Å². The third-order valence-corrected chi connectivity index (χ3v) is 3.25. The molecule has 1 saturated heterocycles. The van der Waals surface area contributed by atoms with E-state index in [9.17, 15) is 9.18 Å². The second-order valence-electron chi connectivity index (χ2n) is 4.02. The quantitative estimate of drug-likeness (QED) is 0.932. The highest BCUT2D eigenvalue weighted by Gasteiger charge is 2.19. The number of amides is 1. The zero-order valence-electron chi connectivity index (χ0n) is 9.21. The predicted octanol–water partition coefficient (Wildman–Crippen LogP) is 3.10.